The largest absolute Gasteiger partial charge is 0.339 e. The number of nitrogens with zero attached hydrogens (tertiary/aromatic N) is 1. The molecule has 0 aromatic heterocycles. The van der Waals surface area contributed by atoms with Crippen LogP contribution < -0.4 is 5.32 Å². The minimum atomic E-state index is -0.981. The van der Waals surface area contributed by atoms with Gasteiger partial charge in [-0.2, -0.15) is 0 Å². The highest BCUT2D eigenvalue weighted by Crippen LogP contribution is 2.59. The maximum Gasteiger partial charge on any atom is 0.254 e. The fraction of sp³-hybridized carbons (Fsp3) is 0.364. The third-order valence-corrected chi connectivity index (χ3v) is 6.87. The van der Waals surface area contributed by atoms with Crippen molar-refractivity contribution >= 4 is 29.3 Å². The monoisotopic (exact) mass is 416 g/mol. The number of anilines is 1. The highest BCUT2D eigenvalue weighted by atomic mass is 32.2. The number of likely N-dealkylation sites (tertiary alicyclic amines) is 1. The van der Waals surface area contributed by atoms with Gasteiger partial charge in [-0.1, -0.05) is 12.1 Å². The van der Waals surface area contributed by atoms with Gasteiger partial charge < -0.3 is 10.2 Å². The molecule has 0 unspecified atom stereocenters. The van der Waals surface area contributed by atoms with Crippen LogP contribution in [0.1, 0.15) is 29.6 Å². The first-order valence-electron chi connectivity index (χ1n) is 9.62. The lowest BCUT2D eigenvalue weighted by Crippen LogP contribution is -2.40. The summed E-state index contributed by atoms with van der Waals surface area (Å²) in [6, 6.07) is 11.0. The quantitative estimate of drug-likeness (QED) is 0.743. The van der Waals surface area contributed by atoms with Crippen molar-refractivity contribution in [2.45, 2.75) is 24.2 Å². The first-order chi connectivity index (χ1) is 13.9. The van der Waals surface area contributed by atoms with Crippen LogP contribution in [0, 0.1) is 23.0 Å². The van der Waals surface area contributed by atoms with Crippen molar-refractivity contribution in [3.8, 4) is 0 Å². The van der Waals surface area contributed by atoms with Crippen LogP contribution in [0.25, 0.3) is 0 Å². The molecule has 4 nitrogen and oxygen atoms in total. The first-order valence-corrected chi connectivity index (χ1v) is 10.8. The van der Waals surface area contributed by atoms with Crippen molar-refractivity contribution < 1.29 is 18.4 Å². The summed E-state index contributed by atoms with van der Waals surface area (Å²) in [6.45, 7) is 1.24. The number of benzene rings is 2. The predicted molar refractivity (Wildman–Crippen MR) is 109 cm³/mol. The summed E-state index contributed by atoms with van der Waals surface area (Å²) >= 11 is 1.56. The van der Waals surface area contributed by atoms with E-state index in [9.17, 15) is 18.4 Å². The average Bonchev–Trinajstić information content (AvgIpc) is 3.44. The summed E-state index contributed by atoms with van der Waals surface area (Å²) in [4.78, 5) is 28.3. The molecule has 1 atom stereocenters. The zero-order chi connectivity index (χ0) is 20.6. The van der Waals surface area contributed by atoms with Crippen LogP contribution in [-0.4, -0.2) is 36.1 Å². The second kappa shape index (κ2) is 7.78. The van der Waals surface area contributed by atoms with Crippen LogP contribution in [0.5, 0.6) is 0 Å². The minimum Gasteiger partial charge on any atom is -0.339 e. The Hall–Kier alpha value is -2.41. The van der Waals surface area contributed by atoms with E-state index >= 15 is 0 Å². The number of carbonyl (C=O) groups excluding carboxylic acids is 2. The Kier molecular flexibility index (Phi) is 5.34. The van der Waals surface area contributed by atoms with Gasteiger partial charge in [0.2, 0.25) is 5.91 Å². The van der Waals surface area contributed by atoms with Crippen LogP contribution in [0.4, 0.5) is 14.5 Å². The molecule has 1 saturated heterocycles. The van der Waals surface area contributed by atoms with E-state index in [1.807, 2.05) is 35.4 Å². The van der Waals surface area contributed by atoms with Crippen molar-refractivity contribution in [1.82, 2.24) is 4.90 Å². The van der Waals surface area contributed by atoms with E-state index in [0.717, 1.165) is 41.9 Å². The Bertz CT molecular complexity index is 958. The maximum absolute atomic E-state index is 13.3. The van der Waals surface area contributed by atoms with E-state index in [-0.39, 0.29) is 28.8 Å². The summed E-state index contributed by atoms with van der Waals surface area (Å²) in [7, 11) is 0. The predicted octanol–water partition coefficient (Wildman–Crippen LogP) is 4.57. The Morgan fingerprint density at radius 2 is 1.83 bits per heavy atom. The van der Waals surface area contributed by atoms with Gasteiger partial charge in [-0.25, -0.2) is 8.78 Å². The number of piperidine rings is 1. The molecule has 2 aromatic carbocycles. The number of nitrogens with one attached hydrogen (secondary N) is 1. The summed E-state index contributed by atoms with van der Waals surface area (Å²) in [5.41, 5.74) is 0.898. The van der Waals surface area contributed by atoms with E-state index in [4.69, 9.17) is 0 Å². The molecule has 1 aliphatic heterocycles. The van der Waals surface area contributed by atoms with Crippen molar-refractivity contribution in [1.29, 1.82) is 0 Å². The number of thioether (sulfide) groups is 1. The molecule has 1 heterocycles. The van der Waals surface area contributed by atoms with Gasteiger partial charge in [0.15, 0.2) is 11.6 Å². The Morgan fingerprint density at radius 1 is 1.10 bits per heavy atom. The zero-order valence-electron chi connectivity index (χ0n) is 16.1. The first kappa shape index (κ1) is 19.9. The molecule has 2 fully saturated rings. The van der Waals surface area contributed by atoms with Gasteiger partial charge in [0.1, 0.15) is 0 Å². The second-order valence-electron chi connectivity index (χ2n) is 7.73. The van der Waals surface area contributed by atoms with Gasteiger partial charge in [0.25, 0.3) is 5.91 Å². The van der Waals surface area contributed by atoms with Crippen molar-refractivity contribution in [3.63, 3.8) is 0 Å². The summed E-state index contributed by atoms with van der Waals surface area (Å²) in [6.07, 6.45) is 4.27. The standard InChI is InChI=1S/C22H22F2N2O2S/c1-29-19-5-3-2-4-15(19)21(28)26-10-8-22(9-11-26)13-16(22)20(27)25-14-6-7-17(23)18(24)12-14/h2-7,12,16H,8-11,13H2,1H3,(H,25,27)/t16-/m0/s1. The number of hydrogen-bond acceptors (Lipinski definition) is 3. The Labute approximate surface area is 172 Å². The molecule has 0 radical (unpaired) electrons. The molecule has 1 aliphatic carbocycles. The topological polar surface area (TPSA) is 49.4 Å². The van der Waals surface area contributed by atoms with E-state index in [1.165, 1.54) is 6.07 Å². The molecule has 2 aliphatic rings. The average molecular weight is 416 g/mol. The molecule has 152 valence electrons. The van der Waals surface area contributed by atoms with E-state index in [2.05, 4.69) is 5.32 Å². The Balaban J connectivity index is 1.35. The van der Waals surface area contributed by atoms with E-state index in [1.54, 1.807) is 11.8 Å². The molecule has 0 bridgehead atoms. The van der Waals surface area contributed by atoms with Crippen LogP contribution in [0.3, 0.4) is 0 Å². The molecular weight excluding hydrogens is 394 g/mol. The highest BCUT2D eigenvalue weighted by Gasteiger charge is 2.58. The van der Waals surface area contributed by atoms with Gasteiger partial charge in [0, 0.05) is 35.7 Å². The van der Waals surface area contributed by atoms with Gasteiger partial charge in [0.05, 0.1) is 5.56 Å². The smallest absolute Gasteiger partial charge is 0.254 e. The molecule has 1 spiro atoms. The van der Waals surface area contributed by atoms with Crippen LogP contribution >= 0.6 is 11.8 Å². The summed E-state index contributed by atoms with van der Waals surface area (Å²) in [5.74, 6) is -2.19. The van der Waals surface area contributed by atoms with E-state index in [0.29, 0.717) is 13.1 Å². The number of rotatable bonds is 4. The van der Waals surface area contributed by atoms with Crippen LogP contribution in [0.15, 0.2) is 47.4 Å². The van der Waals surface area contributed by atoms with E-state index < -0.39 is 11.6 Å². The minimum absolute atomic E-state index is 0.0354. The normalized spacial score (nSPS) is 19.8. The molecule has 7 heteroatoms. The second-order valence-corrected chi connectivity index (χ2v) is 8.58. The fourth-order valence-electron chi connectivity index (χ4n) is 4.22. The summed E-state index contributed by atoms with van der Waals surface area (Å²) in [5, 5.41) is 2.69. The molecule has 1 saturated carbocycles. The van der Waals surface area contributed by atoms with Gasteiger partial charge >= 0.3 is 0 Å². The lowest BCUT2D eigenvalue weighted by molar-refractivity contribution is -0.118. The molecule has 4 rings (SSSR count). The fourth-order valence-corrected chi connectivity index (χ4v) is 4.81. The third kappa shape index (κ3) is 3.88. The molecule has 2 aromatic rings. The summed E-state index contributed by atoms with van der Waals surface area (Å²) < 4.78 is 26.4. The van der Waals surface area contributed by atoms with Gasteiger partial charge in [-0.3, -0.25) is 9.59 Å². The lowest BCUT2D eigenvalue weighted by Gasteiger charge is -2.33. The van der Waals surface area contributed by atoms with Gasteiger partial charge in [-0.15, -0.1) is 11.8 Å². The molecule has 2 amide bonds. The third-order valence-electron chi connectivity index (χ3n) is 6.08. The number of hydrogen-bond donors (Lipinski definition) is 1. The lowest BCUT2D eigenvalue weighted by atomic mass is 9.90. The molecular formula is C22H22F2N2O2S. The van der Waals surface area contributed by atoms with Gasteiger partial charge in [-0.05, 0) is 55.2 Å². The van der Waals surface area contributed by atoms with Crippen molar-refractivity contribution in [2.24, 2.45) is 11.3 Å². The zero-order valence-corrected chi connectivity index (χ0v) is 16.9. The van der Waals surface area contributed by atoms with Crippen molar-refractivity contribution in [2.75, 3.05) is 24.7 Å². The highest BCUT2D eigenvalue weighted by molar-refractivity contribution is 7.98. The SMILES string of the molecule is CSc1ccccc1C(=O)N1CCC2(CC1)C[C@H]2C(=O)Nc1ccc(F)c(F)c1. The molecule has 1 N–H and O–H groups in total. The molecule has 29 heavy (non-hydrogen) atoms. The number of amides is 2. The van der Waals surface area contributed by atoms with Crippen LogP contribution in [-0.2, 0) is 4.79 Å². The number of halogens is 2. The Morgan fingerprint density at radius 3 is 2.52 bits per heavy atom. The van der Waals surface area contributed by atoms with Crippen LogP contribution in [0.2, 0.25) is 0 Å². The number of carbonyl (C=O) groups is 2. The maximum atomic E-state index is 13.3. The van der Waals surface area contributed by atoms with Crippen molar-refractivity contribution in [3.05, 3.63) is 59.7 Å².